The van der Waals surface area contributed by atoms with Crippen LogP contribution in [0.1, 0.15) is 5.56 Å². The molecule has 4 aromatic rings. The fourth-order valence-corrected chi connectivity index (χ4v) is 2.39. The van der Waals surface area contributed by atoms with E-state index < -0.39 is 0 Å². The van der Waals surface area contributed by atoms with Crippen LogP contribution in [-0.4, -0.2) is 23.3 Å². The minimum atomic E-state index is 0.640. The predicted molar refractivity (Wildman–Crippen MR) is 126 cm³/mol. The molecule has 5 nitrogen and oxygen atoms in total. The van der Waals surface area contributed by atoms with Crippen LogP contribution in [0.2, 0.25) is 0 Å². The van der Waals surface area contributed by atoms with Gasteiger partial charge >= 0.3 is 0 Å². The fourth-order valence-electron chi connectivity index (χ4n) is 2.39. The van der Waals surface area contributed by atoms with Crippen LogP contribution < -0.4 is 10.2 Å². The number of benzene rings is 4. The van der Waals surface area contributed by atoms with Gasteiger partial charge in [0.05, 0.1) is 12.8 Å². The second-order valence-electron chi connectivity index (χ2n) is 6.20. The van der Waals surface area contributed by atoms with Gasteiger partial charge in [0.25, 0.3) is 0 Å². The quantitative estimate of drug-likeness (QED) is 0.182. The van der Waals surface area contributed by atoms with Crippen molar-refractivity contribution in [3.8, 4) is 5.75 Å². The van der Waals surface area contributed by atoms with E-state index in [0.717, 1.165) is 16.1 Å². The molecule has 0 saturated heterocycles. The van der Waals surface area contributed by atoms with E-state index in [4.69, 9.17) is 9.94 Å². The highest BCUT2D eigenvalue weighted by atomic mass is 16.5. The third-order valence-electron chi connectivity index (χ3n) is 3.96. The first-order valence-corrected chi connectivity index (χ1v) is 9.68. The maximum Gasteiger partial charge on any atom is 0.216 e. The molecule has 31 heavy (non-hydrogen) atoms. The van der Waals surface area contributed by atoms with Crippen molar-refractivity contribution in [1.82, 2.24) is 0 Å². The molecule has 0 unspecified atom stereocenters. The van der Waals surface area contributed by atoms with Crippen LogP contribution in [0.25, 0.3) is 0 Å². The average Bonchev–Trinajstić information content (AvgIpc) is 2.87. The zero-order valence-corrected chi connectivity index (χ0v) is 17.3. The summed E-state index contributed by atoms with van der Waals surface area (Å²) in [6, 6.07) is 37.5. The molecule has 158 valence electrons. The first kappa shape index (κ1) is 23.2. The van der Waals surface area contributed by atoms with Gasteiger partial charge in [-0.05, 0) is 36.4 Å². The van der Waals surface area contributed by atoms with Crippen LogP contribution in [0.15, 0.2) is 121 Å². The summed E-state index contributed by atoms with van der Waals surface area (Å²) in [6.45, 7) is 0. The number of ether oxygens (including phenoxy) is 1. The lowest BCUT2D eigenvalue weighted by atomic mass is 10.2. The molecule has 0 aliphatic carbocycles. The first-order chi connectivity index (χ1) is 15.2. The van der Waals surface area contributed by atoms with Crippen molar-refractivity contribution >= 4 is 17.6 Å². The molecule has 0 amide bonds. The van der Waals surface area contributed by atoms with Crippen molar-refractivity contribution in [3.05, 3.63) is 132 Å². The summed E-state index contributed by atoms with van der Waals surface area (Å²) in [6.07, 6.45) is 1.56. The van der Waals surface area contributed by atoms with Crippen LogP contribution in [-0.2, 0) is 0 Å². The zero-order chi connectivity index (χ0) is 22.2. The summed E-state index contributed by atoms with van der Waals surface area (Å²) in [5, 5.41) is 20.0. The Morgan fingerprint density at radius 3 is 1.58 bits per heavy atom. The van der Waals surface area contributed by atoms with E-state index in [-0.39, 0.29) is 0 Å². The van der Waals surface area contributed by atoms with E-state index in [1.807, 2.05) is 103 Å². The van der Waals surface area contributed by atoms with Crippen LogP contribution in [0.4, 0.5) is 11.4 Å². The van der Waals surface area contributed by atoms with Gasteiger partial charge in [0, 0.05) is 17.7 Å². The van der Waals surface area contributed by atoms with Crippen LogP contribution in [0.5, 0.6) is 5.75 Å². The van der Waals surface area contributed by atoms with E-state index in [0.29, 0.717) is 11.4 Å². The smallest absolute Gasteiger partial charge is 0.216 e. The average molecular weight is 415 g/mol. The van der Waals surface area contributed by atoms with Gasteiger partial charge in [0.1, 0.15) is 5.75 Å². The predicted octanol–water partition coefficient (Wildman–Crippen LogP) is 6.13. The van der Waals surface area contributed by atoms with E-state index in [1.54, 1.807) is 37.6 Å². The van der Waals surface area contributed by atoms with Gasteiger partial charge in [-0.2, -0.15) is 4.74 Å². The minimum Gasteiger partial charge on any atom is -0.618 e. The monoisotopic (exact) mass is 414 g/mol. The van der Waals surface area contributed by atoms with Gasteiger partial charge < -0.3 is 9.94 Å². The fraction of sp³-hybridized carbons (Fsp3) is 0.0385. The SMILES string of the molecule is COc1ccccc1.ONc1ccccc1.[O-]/[N+](=C\c1ccccc1)c1ccccc1. The lowest BCUT2D eigenvalue weighted by Crippen LogP contribution is -1.97. The van der Waals surface area contributed by atoms with Crippen molar-refractivity contribution in [2.75, 3.05) is 12.6 Å². The van der Waals surface area contributed by atoms with Gasteiger partial charge in [-0.25, -0.2) is 0 Å². The van der Waals surface area contributed by atoms with Crippen LogP contribution in [0.3, 0.4) is 0 Å². The molecule has 0 spiro atoms. The third-order valence-corrected chi connectivity index (χ3v) is 3.96. The van der Waals surface area contributed by atoms with E-state index in [9.17, 15) is 5.21 Å². The number of para-hydroxylation sites is 3. The molecule has 0 saturated carbocycles. The number of anilines is 1. The molecule has 0 bridgehead atoms. The summed E-state index contributed by atoms with van der Waals surface area (Å²) >= 11 is 0. The second-order valence-corrected chi connectivity index (χ2v) is 6.20. The topological polar surface area (TPSA) is 67.6 Å². The molecule has 2 N–H and O–H groups in total. The summed E-state index contributed by atoms with van der Waals surface area (Å²) in [7, 11) is 1.66. The van der Waals surface area contributed by atoms with E-state index >= 15 is 0 Å². The molecule has 0 aliphatic rings. The molecule has 4 aromatic carbocycles. The molecule has 0 aromatic heterocycles. The number of nitrogens with zero attached hydrogens (tertiary/aromatic N) is 1. The molecule has 0 atom stereocenters. The highest BCUT2D eigenvalue weighted by molar-refractivity contribution is 5.76. The summed E-state index contributed by atoms with van der Waals surface area (Å²) in [5.74, 6) is 0.910. The Bertz CT molecular complexity index is 954. The Hall–Kier alpha value is -4.09. The van der Waals surface area contributed by atoms with Crippen molar-refractivity contribution in [2.24, 2.45) is 0 Å². The van der Waals surface area contributed by atoms with Gasteiger partial charge in [-0.15, -0.1) is 0 Å². The van der Waals surface area contributed by atoms with Gasteiger partial charge in [0.2, 0.25) is 5.69 Å². The van der Waals surface area contributed by atoms with Crippen LogP contribution in [0, 0.1) is 5.21 Å². The maximum atomic E-state index is 11.7. The Balaban J connectivity index is 0.000000181. The lowest BCUT2D eigenvalue weighted by molar-refractivity contribution is -0.354. The summed E-state index contributed by atoms with van der Waals surface area (Å²) in [4.78, 5) is 0. The zero-order valence-electron chi connectivity index (χ0n) is 17.3. The molecule has 0 heterocycles. The standard InChI is InChI=1S/C13H11NO.C7H8O.C6H7NO/c15-14(13-9-5-2-6-10-13)11-12-7-3-1-4-8-12;1-8-7-5-3-2-4-6-7;8-7-6-4-2-1-3-5-6/h1-11H;2-6H,1H3;1-5,7-8H/b14-11-;;. The van der Waals surface area contributed by atoms with Crippen LogP contribution >= 0.6 is 0 Å². The molecular formula is C26H26N2O3. The van der Waals surface area contributed by atoms with E-state index in [1.165, 1.54) is 0 Å². The molecule has 0 aliphatic heterocycles. The Kier molecular flexibility index (Phi) is 10.5. The number of rotatable bonds is 4. The summed E-state index contributed by atoms with van der Waals surface area (Å²) in [5.41, 5.74) is 4.28. The number of methoxy groups -OCH3 is 1. The van der Waals surface area contributed by atoms with Gasteiger partial charge in [-0.1, -0.05) is 72.8 Å². The number of hydrogen-bond acceptors (Lipinski definition) is 4. The number of nitrogens with one attached hydrogen (secondary N) is 1. The minimum absolute atomic E-state index is 0.640. The van der Waals surface area contributed by atoms with Crippen molar-refractivity contribution in [3.63, 3.8) is 0 Å². The number of hydrogen-bond donors (Lipinski definition) is 2. The maximum absolute atomic E-state index is 11.7. The molecular weight excluding hydrogens is 388 g/mol. The second kappa shape index (κ2) is 14.0. The normalized spacial score (nSPS) is 9.94. The van der Waals surface area contributed by atoms with Gasteiger partial charge in [0.15, 0.2) is 6.21 Å². The highest BCUT2D eigenvalue weighted by Crippen LogP contribution is 2.09. The lowest BCUT2D eigenvalue weighted by Gasteiger charge is -2.01. The Morgan fingerprint density at radius 2 is 1.16 bits per heavy atom. The van der Waals surface area contributed by atoms with E-state index in [2.05, 4.69) is 0 Å². The molecule has 4 rings (SSSR count). The largest absolute Gasteiger partial charge is 0.618 e. The first-order valence-electron chi connectivity index (χ1n) is 9.68. The molecule has 0 radical (unpaired) electrons. The summed E-state index contributed by atoms with van der Waals surface area (Å²) < 4.78 is 5.78. The van der Waals surface area contributed by atoms with Crippen molar-refractivity contribution in [2.45, 2.75) is 0 Å². The highest BCUT2D eigenvalue weighted by Gasteiger charge is 1.98. The van der Waals surface area contributed by atoms with Crippen molar-refractivity contribution < 1.29 is 14.7 Å². The Morgan fingerprint density at radius 1 is 0.710 bits per heavy atom. The Labute approximate surface area is 183 Å². The molecule has 5 heteroatoms. The van der Waals surface area contributed by atoms with Crippen molar-refractivity contribution in [1.29, 1.82) is 0 Å². The molecule has 0 fully saturated rings. The third kappa shape index (κ3) is 9.30. The van der Waals surface area contributed by atoms with Gasteiger partial charge in [-0.3, -0.25) is 10.7 Å².